The number of benzene rings is 1. The van der Waals surface area contributed by atoms with Crippen LogP contribution in [0.2, 0.25) is 0 Å². The second kappa shape index (κ2) is 7.46. The van der Waals surface area contributed by atoms with Gasteiger partial charge in [0.2, 0.25) is 0 Å². The van der Waals surface area contributed by atoms with Crippen LogP contribution in [-0.4, -0.2) is 24.5 Å². The van der Waals surface area contributed by atoms with Gasteiger partial charge < -0.3 is 5.73 Å². The van der Waals surface area contributed by atoms with Gasteiger partial charge in [-0.1, -0.05) is 38.1 Å². The van der Waals surface area contributed by atoms with Crippen molar-refractivity contribution >= 4 is 0 Å². The average molecular weight is 234 g/mol. The predicted octanol–water partition coefficient (Wildman–Crippen LogP) is 2.80. The first-order valence-corrected chi connectivity index (χ1v) is 6.60. The fourth-order valence-electron chi connectivity index (χ4n) is 2.09. The molecule has 0 heterocycles. The molecular formula is C15H26N2. The fourth-order valence-corrected chi connectivity index (χ4v) is 2.09. The normalized spacial score (nSPS) is 11.4. The molecule has 1 aromatic rings. The van der Waals surface area contributed by atoms with E-state index in [0.717, 1.165) is 32.6 Å². The number of hydrogen-bond acceptors (Lipinski definition) is 2. The first kappa shape index (κ1) is 14.2. The van der Waals surface area contributed by atoms with E-state index >= 15 is 0 Å². The van der Waals surface area contributed by atoms with Crippen molar-refractivity contribution < 1.29 is 0 Å². The molecule has 0 saturated carbocycles. The van der Waals surface area contributed by atoms with Gasteiger partial charge in [0.15, 0.2) is 0 Å². The van der Waals surface area contributed by atoms with Crippen molar-refractivity contribution in [2.75, 3.05) is 19.6 Å². The molecule has 0 spiro atoms. The molecule has 2 heteroatoms. The van der Waals surface area contributed by atoms with Gasteiger partial charge in [-0.2, -0.15) is 0 Å². The Kier molecular flexibility index (Phi) is 6.23. The molecule has 0 saturated heterocycles. The highest BCUT2D eigenvalue weighted by Crippen LogP contribution is 2.12. The minimum Gasteiger partial charge on any atom is -0.330 e. The molecule has 1 aromatic carbocycles. The van der Waals surface area contributed by atoms with Crippen molar-refractivity contribution in [1.29, 1.82) is 0 Å². The van der Waals surface area contributed by atoms with Gasteiger partial charge in [0, 0.05) is 13.1 Å². The molecule has 0 aromatic heterocycles. The molecule has 0 fully saturated rings. The number of aryl methyl sites for hydroxylation is 1. The van der Waals surface area contributed by atoms with Gasteiger partial charge >= 0.3 is 0 Å². The van der Waals surface area contributed by atoms with Gasteiger partial charge in [-0.3, -0.25) is 4.90 Å². The minimum atomic E-state index is 0.705. The lowest BCUT2D eigenvalue weighted by molar-refractivity contribution is 0.234. The van der Waals surface area contributed by atoms with E-state index in [1.165, 1.54) is 11.1 Å². The van der Waals surface area contributed by atoms with Crippen LogP contribution in [-0.2, 0) is 6.54 Å². The lowest BCUT2D eigenvalue weighted by Crippen LogP contribution is -2.29. The first-order chi connectivity index (χ1) is 8.13. The van der Waals surface area contributed by atoms with E-state index < -0.39 is 0 Å². The summed E-state index contributed by atoms with van der Waals surface area (Å²) in [6.45, 7) is 10.8. The van der Waals surface area contributed by atoms with Crippen molar-refractivity contribution in [2.24, 2.45) is 11.7 Å². The average Bonchev–Trinajstić information content (AvgIpc) is 2.28. The molecule has 0 unspecified atom stereocenters. The van der Waals surface area contributed by atoms with Crippen LogP contribution in [0.4, 0.5) is 0 Å². The number of nitrogens with two attached hydrogens (primary N) is 1. The SMILES string of the molecule is Cc1ccccc1CN(CCCN)CC(C)C. The van der Waals surface area contributed by atoms with Gasteiger partial charge in [-0.15, -0.1) is 0 Å². The largest absolute Gasteiger partial charge is 0.330 e. The molecule has 0 amide bonds. The maximum absolute atomic E-state index is 5.60. The van der Waals surface area contributed by atoms with Gasteiger partial charge in [0.1, 0.15) is 0 Å². The summed E-state index contributed by atoms with van der Waals surface area (Å²) in [5.74, 6) is 0.705. The lowest BCUT2D eigenvalue weighted by Gasteiger charge is -2.24. The Hall–Kier alpha value is -0.860. The summed E-state index contributed by atoms with van der Waals surface area (Å²) in [4.78, 5) is 2.51. The quantitative estimate of drug-likeness (QED) is 0.786. The topological polar surface area (TPSA) is 29.3 Å². The minimum absolute atomic E-state index is 0.705. The molecule has 0 aliphatic rings. The Labute approximate surface area is 106 Å². The molecule has 1 rings (SSSR count). The second-order valence-corrected chi connectivity index (χ2v) is 5.20. The van der Waals surface area contributed by atoms with Crippen LogP contribution in [0.5, 0.6) is 0 Å². The van der Waals surface area contributed by atoms with Gasteiger partial charge in [0.05, 0.1) is 0 Å². The molecule has 0 radical (unpaired) electrons. The maximum Gasteiger partial charge on any atom is 0.0236 e. The Morgan fingerprint density at radius 1 is 1.24 bits per heavy atom. The third kappa shape index (κ3) is 5.33. The van der Waals surface area contributed by atoms with Crippen LogP contribution < -0.4 is 5.73 Å². The molecule has 2 N–H and O–H groups in total. The highest BCUT2D eigenvalue weighted by atomic mass is 15.1. The zero-order valence-electron chi connectivity index (χ0n) is 11.4. The van der Waals surface area contributed by atoms with E-state index in [1.807, 2.05) is 0 Å². The monoisotopic (exact) mass is 234 g/mol. The summed E-state index contributed by atoms with van der Waals surface area (Å²) in [5.41, 5.74) is 8.42. The smallest absolute Gasteiger partial charge is 0.0236 e. The number of nitrogens with zero attached hydrogens (tertiary/aromatic N) is 1. The van der Waals surface area contributed by atoms with Crippen molar-refractivity contribution in [3.8, 4) is 0 Å². The summed E-state index contributed by atoms with van der Waals surface area (Å²) in [6.07, 6.45) is 1.08. The fraction of sp³-hybridized carbons (Fsp3) is 0.600. The maximum atomic E-state index is 5.60. The van der Waals surface area contributed by atoms with E-state index in [4.69, 9.17) is 5.73 Å². The Bertz CT molecular complexity index is 320. The summed E-state index contributed by atoms with van der Waals surface area (Å²) in [7, 11) is 0. The Morgan fingerprint density at radius 3 is 2.53 bits per heavy atom. The summed E-state index contributed by atoms with van der Waals surface area (Å²) in [6, 6.07) is 8.64. The highest BCUT2D eigenvalue weighted by molar-refractivity contribution is 5.25. The predicted molar refractivity (Wildman–Crippen MR) is 75.0 cm³/mol. The van der Waals surface area contributed by atoms with Crippen molar-refractivity contribution in [3.63, 3.8) is 0 Å². The molecule has 0 aliphatic carbocycles. The number of rotatable bonds is 7. The van der Waals surface area contributed by atoms with Gasteiger partial charge in [-0.05, 0) is 43.5 Å². The van der Waals surface area contributed by atoms with Gasteiger partial charge in [0.25, 0.3) is 0 Å². The molecule has 2 nitrogen and oxygen atoms in total. The Balaban J connectivity index is 2.61. The summed E-state index contributed by atoms with van der Waals surface area (Å²) < 4.78 is 0. The first-order valence-electron chi connectivity index (χ1n) is 6.60. The zero-order valence-corrected chi connectivity index (χ0v) is 11.4. The van der Waals surface area contributed by atoms with E-state index in [-0.39, 0.29) is 0 Å². The molecule has 96 valence electrons. The van der Waals surface area contributed by atoms with E-state index in [9.17, 15) is 0 Å². The van der Waals surface area contributed by atoms with Crippen LogP contribution in [0.1, 0.15) is 31.4 Å². The zero-order chi connectivity index (χ0) is 12.7. The standard InChI is InChI=1S/C15H26N2/c1-13(2)11-17(10-6-9-16)12-15-8-5-4-7-14(15)3/h4-5,7-8,13H,6,9-12,16H2,1-3H3. The van der Waals surface area contributed by atoms with Crippen LogP contribution in [0.15, 0.2) is 24.3 Å². The van der Waals surface area contributed by atoms with Crippen molar-refractivity contribution in [1.82, 2.24) is 4.90 Å². The number of hydrogen-bond donors (Lipinski definition) is 1. The molecule has 0 bridgehead atoms. The second-order valence-electron chi connectivity index (χ2n) is 5.20. The van der Waals surface area contributed by atoms with Crippen LogP contribution in [0.25, 0.3) is 0 Å². The van der Waals surface area contributed by atoms with Crippen LogP contribution in [0.3, 0.4) is 0 Å². The van der Waals surface area contributed by atoms with E-state index in [1.54, 1.807) is 0 Å². The van der Waals surface area contributed by atoms with Crippen molar-refractivity contribution in [3.05, 3.63) is 35.4 Å². The summed E-state index contributed by atoms with van der Waals surface area (Å²) in [5, 5.41) is 0. The molecule has 0 atom stereocenters. The Morgan fingerprint density at radius 2 is 1.94 bits per heavy atom. The molecule has 0 aliphatic heterocycles. The van der Waals surface area contributed by atoms with Crippen LogP contribution in [0, 0.1) is 12.8 Å². The van der Waals surface area contributed by atoms with E-state index in [0.29, 0.717) is 5.92 Å². The third-order valence-corrected chi connectivity index (χ3v) is 2.96. The molecule has 17 heavy (non-hydrogen) atoms. The van der Waals surface area contributed by atoms with E-state index in [2.05, 4.69) is 49.9 Å². The van der Waals surface area contributed by atoms with Crippen LogP contribution >= 0.6 is 0 Å². The third-order valence-electron chi connectivity index (χ3n) is 2.96. The summed E-state index contributed by atoms with van der Waals surface area (Å²) >= 11 is 0. The van der Waals surface area contributed by atoms with Crippen molar-refractivity contribution in [2.45, 2.75) is 33.7 Å². The lowest BCUT2D eigenvalue weighted by atomic mass is 10.1. The van der Waals surface area contributed by atoms with Gasteiger partial charge in [-0.25, -0.2) is 0 Å². The molecular weight excluding hydrogens is 208 g/mol. The highest BCUT2D eigenvalue weighted by Gasteiger charge is 2.08.